The minimum Gasteiger partial charge on any atom is -0.311 e. The van der Waals surface area contributed by atoms with Gasteiger partial charge in [-0.05, 0) is 286 Å². The molecule has 24 aromatic rings. The number of thiophene rings is 2. The molecule has 4 heteroatoms. The Kier molecular flexibility index (Phi) is 18.4. The molecule has 596 valence electrons. The van der Waals surface area contributed by atoms with Crippen molar-refractivity contribution in [3.8, 4) is 89.0 Å². The van der Waals surface area contributed by atoms with Gasteiger partial charge in [0.25, 0.3) is 0 Å². The first kappa shape index (κ1) is 75.2. The highest BCUT2D eigenvalue weighted by atomic mass is 32.1. The Balaban J connectivity index is 0.000000142. The molecule has 0 aliphatic heterocycles. The Hall–Kier alpha value is -15.6. The second-order valence-corrected chi connectivity index (χ2v) is 36.3. The van der Waals surface area contributed by atoms with E-state index in [0.29, 0.717) is 0 Å². The third kappa shape index (κ3) is 13.2. The van der Waals surface area contributed by atoms with E-state index < -0.39 is 0 Å². The van der Waals surface area contributed by atoms with Gasteiger partial charge >= 0.3 is 0 Å². The van der Waals surface area contributed by atoms with Gasteiger partial charge in [0.1, 0.15) is 0 Å². The molecule has 0 unspecified atom stereocenters. The third-order valence-electron chi connectivity index (χ3n) is 26.5. The molecule has 1 aliphatic carbocycles. The van der Waals surface area contributed by atoms with Crippen molar-refractivity contribution >= 4 is 162 Å². The van der Waals surface area contributed by atoms with E-state index in [1.807, 2.05) is 22.7 Å². The van der Waals surface area contributed by atoms with E-state index in [1.54, 1.807) is 0 Å². The Bertz CT molecular complexity index is 8300. The lowest BCUT2D eigenvalue weighted by Gasteiger charge is -2.28. The first-order valence-electron chi connectivity index (χ1n) is 43.8. The Labute approximate surface area is 746 Å². The second kappa shape index (κ2) is 31.0. The van der Waals surface area contributed by atoms with Crippen molar-refractivity contribution in [2.45, 2.75) is 19.3 Å². The summed E-state index contributed by atoms with van der Waals surface area (Å²) in [7, 11) is 0. The van der Waals surface area contributed by atoms with Crippen molar-refractivity contribution in [1.82, 2.24) is 0 Å². The van der Waals surface area contributed by atoms with Gasteiger partial charge < -0.3 is 9.80 Å². The summed E-state index contributed by atoms with van der Waals surface area (Å²) < 4.78 is 5.35. The van der Waals surface area contributed by atoms with Gasteiger partial charge in [-0.25, -0.2) is 0 Å². The topological polar surface area (TPSA) is 6.48 Å². The molecule has 2 heterocycles. The number of anilines is 6. The van der Waals surface area contributed by atoms with Gasteiger partial charge in [-0.1, -0.05) is 354 Å². The van der Waals surface area contributed by atoms with E-state index in [0.717, 1.165) is 34.1 Å². The highest BCUT2D eigenvalue weighted by Gasteiger charge is 2.36. The van der Waals surface area contributed by atoms with Crippen molar-refractivity contribution in [1.29, 1.82) is 0 Å². The Morgan fingerprint density at radius 2 is 0.433 bits per heavy atom. The molecule has 0 saturated carbocycles. The molecule has 2 nitrogen and oxygen atoms in total. The summed E-state index contributed by atoms with van der Waals surface area (Å²) in [5.74, 6) is 0. The van der Waals surface area contributed by atoms with Crippen LogP contribution in [0.5, 0.6) is 0 Å². The summed E-state index contributed by atoms with van der Waals surface area (Å²) in [6, 6.07) is 170. The maximum absolute atomic E-state index is 2.42. The van der Waals surface area contributed by atoms with Crippen LogP contribution in [0.4, 0.5) is 34.1 Å². The number of rotatable bonds is 13. The summed E-state index contributed by atoms with van der Waals surface area (Å²) in [5, 5.41) is 20.6. The molecule has 0 fully saturated rings. The fraction of sp³-hybridized carbons (Fsp3) is 0.0244. The quantitative estimate of drug-likeness (QED) is 0.106. The van der Waals surface area contributed by atoms with Crippen LogP contribution in [0.15, 0.2) is 461 Å². The molecule has 0 spiro atoms. The van der Waals surface area contributed by atoms with Crippen LogP contribution in [0.3, 0.4) is 0 Å². The number of nitrogens with zero attached hydrogens (tertiary/aromatic N) is 2. The van der Waals surface area contributed by atoms with E-state index >= 15 is 0 Å². The number of fused-ring (bicyclic) bond motifs is 21. The van der Waals surface area contributed by atoms with Crippen LogP contribution in [0, 0.1) is 0 Å². The highest BCUT2D eigenvalue weighted by Crippen LogP contribution is 2.53. The van der Waals surface area contributed by atoms with Gasteiger partial charge in [-0.3, -0.25) is 0 Å². The van der Waals surface area contributed by atoms with Crippen LogP contribution in [0.1, 0.15) is 25.0 Å². The van der Waals surface area contributed by atoms with E-state index in [4.69, 9.17) is 0 Å². The number of hydrogen-bond acceptors (Lipinski definition) is 4. The molecular weight excluding hydrogens is 1570 g/mol. The number of benzene rings is 22. The lowest BCUT2D eigenvalue weighted by molar-refractivity contribution is 0.660. The minimum absolute atomic E-state index is 0.1000. The minimum atomic E-state index is -0.1000. The molecule has 1 aliphatic rings. The Morgan fingerprint density at radius 3 is 0.882 bits per heavy atom. The van der Waals surface area contributed by atoms with Crippen molar-refractivity contribution in [3.05, 3.63) is 472 Å². The molecule has 22 aromatic carbocycles. The smallest absolute Gasteiger partial charge is 0.0465 e. The van der Waals surface area contributed by atoms with E-state index in [2.05, 4.69) is 485 Å². The summed E-state index contributed by atoms with van der Waals surface area (Å²) in [6.07, 6.45) is 0. The second-order valence-electron chi connectivity index (χ2n) is 34.1. The van der Waals surface area contributed by atoms with Gasteiger partial charge in [0, 0.05) is 79.9 Å². The van der Waals surface area contributed by atoms with E-state index in [9.17, 15) is 0 Å². The van der Waals surface area contributed by atoms with Gasteiger partial charge in [-0.15, -0.1) is 22.7 Å². The SMILES string of the molecule is CC1(C)c2ccccc2-c2ccc(N(c3ccc(-c4ccccc4)cc3)c3ccc(-c4ccc5c6ccc(-c7ccc8sc9ccccc9c8c7)cc6c6ccccc6c5c4)cc3)cc21.c1ccc(-c2ccc(N(c3ccc(-c4ccccc4)cc3)c3ccc(-c4ccc5c6ccc(-c7cccc8c7sc7ccccc78)cc6c6ccccc6c5c4)cc3)cc2)cc1. The van der Waals surface area contributed by atoms with Crippen LogP contribution in [0.25, 0.3) is 194 Å². The average Bonchev–Trinajstić information content (AvgIpc) is 1.42. The fourth-order valence-corrected chi connectivity index (χ4v) is 22.5. The van der Waals surface area contributed by atoms with Gasteiger partial charge in [0.15, 0.2) is 0 Å². The first-order valence-corrected chi connectivity index (χ1v) is 45.4. The van der Waals surface area contributed by atoms with Crippen LogP contribution < -0.4 is 9.80 Å². The zero-order valence-electron chi connectivity index (χ0n) is 70.1. The van der Waals surface area contributed by atoms with Crippen molar-refractivity contribution in [2.75, 3.05) is 9.80 Å². The predicted octanol–water partition coefficient (Wildman–Crippen LogP) is 35.9. The predicted molar refractivity (Wildman–Crippen MR) is 549 cm³/mol. The summed E-state index contributed by atoms with van der Waals surface area (Å²) in [6.45, 7) is 4.71. The lowest BCUT2D eigenvalue weighted by atomic mass is 9.82. The molecule has 0 atom stereocenters. The molecule has 0 amide bonds. The van der Waals surface area contributed by atoms with E-state index in [1.165, 1.54) is 205 Å². The maximum atomic E-state index is 2.42. The third-order valence-corrected chi connectivity index (χ3v) is 28.9. The lowest BCUT2D eigenvalue weighted by Crippen LogP contribution is -2.16. The molecular formula is C123H82N2S2. The van der Waals surface area contributed by atoms with Crippen LogP contribution >= 0.6 is 22.7 Å². The van der Waals surface area contributed by atoms with Gasteiger partial charge in [0.05, 0.1) is 0 Å². The average molecular weight is 1650 g/mol. The van der Waals surface area contributed by atoms with Crippen LogP contribution in [-0.2, 0) is 5.41 Å². The molecule has 0 saturated heterocycles. The molecule has 0 N–H and O–H groups in total. The summed E-state index contributed by atoms with van der Waals surface area (Å²) in [5.41, 5.74) is 29.1. The van der Waals surface area contributed by atoms with E-state index in [-0.39, 0.29) is 5.41 Å². The fourth-order valence-electron chi connectivity index (χ4n) is 20.1. The molecule has 127 heavy (non-hydrogen) atoms. The van der Waals surface area contributed by atoms with Gasteiger partial charge in [0.2, 0.25) is 0 Å². The van der Waals surface area contributed by atoms with Crippen LogP contribution in [-0.4, -0.2) is 0 Å². The maximum Gasteiger partial charge on any atom is 0.0465 e. The van der Waals surface area contributed by atoms with Crippen molar-refractivity contribution in [3.63, 3.8) is 0 Å². The van der Waals surface area contributed by atoms with Crippen molar-refractivity contribution < 1.29 is 0 Å². The zero-order valence-corrected chi connectivity index (χ0v) is 71.7. The molecule has 0 bridgehead atoms. The molecule has 0 radical (unpaired) electrons. The van der Waals surface area contributed by atoms with Crippen LogP contribution in [0.2, 0.25) is 0 Å². The summed E-state index contributed by atoms with van der Waals surface area (Å²) in [4.78, 5) is 4.76. The highest BCUT2D eigenvalue weighted by molar-refractivity contribution is 7.26. The molecule has 25 rings (SSSR count). The standard InChI is InChI=1S/C63H43NS.C60H39NS/c1-63(2)59-18-10-8-16-53(59)54-34-31-48(39-60(54)63)64(46-27-20-41(21-28-46)40-12-4-3-5-13-40)47-29-22-42(23-30-47)43-24-32-51-52-33-25-44(37-57(52)50-15-7-6-14-49(50)56(51)36-43)45-26-35-62-58(38-45)55-17-9-11-19-61(55)65-62;1-3-12-40(13-4-1)42-22-30-47(31-23-42)61(48-32-24-43(25-33-48)41-14-5-2-6-15-41)49-34-26-44(27-35-49)45-28-36-53-54-37-29-46(39-58(54)52-17-8-7-16-51(52)57(53)38-45)50-19-11-20-56-55-18-9-10-21-59(55)62-60(50)56/h3-39H,1-2H3;1-39H. The Morgan fingerprint density at radius 1 is 0.157 bits per heavy atom. The largest absolute Gasteiger partial charge is 0.311 e. The number of hydrogen-bond donors (Lipinski definition) is 0. The zero-order chi connectivity index (χ0) is 84.2. The first-order chi connectivity index (χ1) is 62.7. The van der Waals surface area contributed by atoms with Gasteiger partial charge in [-0.2, -0.15) is 0 Å². The molecule has 2 aromatic heterocycles. The summed E-state index contributed by atoms with van der Waals surface area (Å²) >= 11 is 3.76. The van der Waals surface area contributed by atoms with Crippen molar-refractivity contribution in [2.24, 2.45) is 0 Å². The monoisotopic (exact) mass is 1650 g/mol. The normalized spacial score (nSPS) is 12.2.